The van der Waals surface area contributed by atoms with Crippen LogP contribution < -0.4 is 11.1 Å². The third kappa shape index (κ3) is 3.82. The predicted molar refractivity (Wildman–Crippen MR) is 89.6 cm³/mol. The number of nitrogens with two attached hydrogens (primary N) is 1. The van der Waals surface area contributed by atoms with Crippen LogP contribution in [-0.2, 0) is 4.79 Å². The van der Waals surface area contributed by atoms with Crippen molar-refractivity contribution in [1.29, 1.82) is 0 Å². The van der Waals surface area contributed by atoms with Gasteiger partial charge in [0.05, 0.1) is 0 Å². The van der Waals surface area contributed by atoms with Crippen LogP contribution in [0.5, 0.6) is 0 Å². The number of aryl methyl sites for hydroxylation is 2. The molecule has 2 rings (SSSR count). The van der Waals surface area contributed by atoms with E-state index in [-0.39, 0.29) is 5.91 Å². The Labute approximate surface area is 129 Å². The highest BCUT2D eigenvalue weighted by atomic mass is 32.1. The molecule has 3 N–H and O–H groups in total. The molecular formula is C16H21N3OS. The third-order valence-electron chi connectivity index (χ3n) is 3.44. The standard InChI is InChI=1S/C16H21N3OS/c1-4-5-6-13(20)18-16-19-14(15(17)21-16)12-8-7-10(2)11(3)9-12/h7-9H,4-6,17H2,1-3H3,(H,18,19,20). The van der Waals surface area contributed by atoms with Gasteiger partial charge in [0.25, 0.3) is 0 Å². The Kier molecular flexibility index (Phi) is 4.96. The predicted octanol–water partition coefficient (Wildman–Crippen LogP) is 4.14. The maximum absolute atomic E-state index is 11.7. The Hall–Kier alpha value is -1.88. The zero-order chi connectivity index (χ0) is 15.4. The van der Waals surface area contributed by atoms with Gasteiger partial charge in [-0.3, -0.25) is 4.79 Å². The maximum Gasteiger partial charge on any atom is 0.226 e. The topological polar surface area (TPSA) is 68.0 Å². The molecule has 0 radical (unpaired) electrons. The van der Waals surface area contributed by atoms with Crippen molar-refractivity contribution in [1.82, 2.24) is 4.98 Å². The molecule has 0 unspecified atom stereocenters. The summed E-state index contributed by atoms with van der Waals surface area (Å²) in [6.07, 6.45) is 2.41. The van der Waals surface area contributed by atoms with Gasteiger partial charge in [-0.25, -0.2) is 4.98 Å². The Morgan fingerprint density at radius 3 is 2.76 bits per heavy atom. The van der Waals surface area contributed by atoms with E-state index in [0.717, 1.165) is 24.1 Å². The van der Waals surface area contributed by atoms with Gasteiger partial charge in [-0.2, -0.15) is 0 Å². The molecule has 0 saturated carbocycles. The lowest BCUT2D eigenvalue weighted by Crippen LogP contribution is -2.10. The van der Waals surface area contributed by atoms with E-state index in [2.05, 4.69) is 43.2 Å². The summed E-state index contributed by atoms with van der Waals surface area (Å²) in [5.41, 5.74) is 10.2. The normalized spacial score (nSPS) is 10.6. The number of nitrogens with one attached hydrogen (secondary N) is 1. The lowest BCUT2D eigenvalue weighted by atomic mass is 10.0. The lowest BCUT2D eigenvalue weighted by molar-refractivity contribution is -0.116. The van der Waals surface area contributed by atoms with Gasteiger partial charge in [0.1, 0.15) is 10.7 Å². The first-order chi connectivity index (χ1) is 10.0. The summed E-state index contributed by atoms with van der Waals surface area (Å²) >= 11 is 1.32. The van der Waals surface area contributed by atoms with Crippen molar-refractivity contribution >= 4 is 27.4 Å². The molecular weight excluding hydrogens is 282 g/mol. The molecule has 0 spiro atoms. The highest BCUT2D eigenvalue weighted by molar-refractivity contribution is 7.20. The molecule has 2 aromatic rings. The molecule has 1 aromatic carbocycles. The number of thiazole rings is 1. The number of nitrogen functional groups attached to an aromatic ring is 1. The largest absolute Gasteiger partial charge is 0.389 e. The molecule has 21 heavy (non-hydrogen) atoms. The number of aromatic nitrogens is 1. The fraction of sp³-hybridized carbons (Fsp3) is 0.375. The zero-order valence-electron chi connectivity index (χ0n) is 12.7. The summed E-state index contributed by atoms with van der Waals surface area (Å²) in [5, 5.41) is 4.02. The van der Waals surface area contributed by atoms with Crippen LogP contribution >= 0.6 is 11.3 Å². The summed E-state index contributed by atoms with van der Waals surface area (Å²) < 4.78 is 0. The van der Waals surface area contributed by atoms with Gasteiger partial charge in [-0.15, -0.1) is 0 Å². The van der Waals surface area contributed by atoms with Crippen molar-refractivity contribution in [3.63, 3.8) is 0 Å². The lowest BCUT2D eigenvalue weighted by Gasteiger charge is -2.03. The second kappa shape index (κ2) is 6.72. The van der Waals surface area contributed by atoms with E-state index in [1.165, 1.54) is 22.5 Å². The highest BCUT2D eigenvalue weighted by Gasteiger charge is 2.13. The van der Waals surface area contributed by atoms with Crippen LogP contribution in [0.25, 0.3) is 11.3 Å². The van der Waals surface area contributed by atoms with Gasteiger partial charge in [-0.05, 0) is 37.5 Å². The van der Waals surface area contributed by atoms with Gasteiger partial charge >= 0.3 is 0 Å². The second-order valence-electron chi connectivity index (χ2n) is 5.18. The van der Waals surface area contributed by atoms with Gasteiger partial charge in [0.15, 0.2) is 5.13 Å². The molecule has 1 amide bonds. The summed E-state index contributed by atoms with van der Waals surface area (Å²) in [6, 6.07) is 6.14. The Balaban J connectivity index is 2.19. The van der Waals surface area contributed by atoms with Crippen molar-refractivity contribution in [2.45, 2.75) is 40.0 Å². The van der Waals surface area contributed by atoms with Crippen LogP contribution in [0.3, 0.4) is 0 Å². The van der Waals surface area contributed by atoms with Gasteiger partial charge in [-0.1, -0.05) is 36.8 Å². The van der Waals surface area contributed by atoms with E-state index in [0.29, 0.717) is 16.6 Å². The minimum atomic E-state index is -0.00256. The smallest absolute Gasteiger partial charge is 0.226 e. The van der Waals surface area contributed by atoms with E-state index in [1.807, 2.05) is 6.07 Å². The van der Waals surface area contributed by atoms with Crippen LogP contribution in [-0.4, -0.2) is 10.9 Å². The van der Waals surface area contributed by atoms with Crippen molar-refractivity contribution in [2.24, 2.45) is 0 Å². The number of benzene rings is 1. The number of anilines is 2. The molecule has 0 saturated heterocycles. The Bertz CT molecular complexity index is 649. The van der Waals surface area contributed by atoms with Crippen LogP contribution in [0.4, 0.5) is 10.1 Å². The van der Waals surface area contributed by atoms with Gasteiger partial charge < -0.3 is 11.1 Å². The average Bonchev–Trinajstić information content (AvgIpc) is 2.80. The first-order valence-electron chi connectivity index (χ1n) is 7.15. The number of carbonyl (C=O) groups is 1. The molecule has 1 aromatic heterocycles. The second-order valence-corrected chi connectivity index (χ2v) is 6.21. The third-order valence-corrected chi connectivity index (χ3v) is 4.24. The summed E-state index contributed by atoms with van der Waals surface area (Å²) in [7, 11) is 0. The number of nitrogens with zero attached hydrogens (tertiary/aromatic N) is 1. The fourth-order valence-corrected chi connectivity index (χ4v) is 2.77. The monoisotopic (exact) mass is 303 g/mol. The molecule has 112 valence electrons. The summed E-state index contributed by atoms with van der Waals surface area (Å²) in [4.78, 5) is 16.2. The average molecular weight is 303 g/mol. The molecule has 5 heteroatoms. The van der Waals surface area contributed by atoms with Crippen molar-refractivity contribution < 1.29 is 4.79 Å². The van der Waals surface area contributed by atoms with E-state index < -0.39 is 0 Å². The van der Waals surface area contributed by atoms with Crippen LogP contribution in [0.1, 0.15) is 37.3 Å². The molecule has 4 nitrogen and oxygen atoms in total. The van der Waals surface area contributed by atoms with E-state index in [1.54, 1.807) is 0 Å². The Morgan fingerprint density at radius 2 is 2.10 bits per heavy atom. The quantitative estimate of drug-likeness (QED) is 0.872. The number of rotatable bonds is 5. The minimum Gasteiger partial charge on any atom is -0.389 e. The molecule has 0 aliphatic carbocycles. The number of carbonyl (C=O) groups excluding carboxylic acids is 1. The molecule has 0 aliphatic rings. The van der Waals surface area contributed by atoms with E-state index >= 15 is 0 Å². The first kappa shape index (κ1) is 15.5. The molecule has 1 heterocycles. The van der Waals surface area contributed by atoms with Crippen LogP contribution in [0.2, 0.25) is 0 Å². The summed E-state index contributed by atoms with van der Waals surface area (Å²) in [6.45, 7) is 6.20. The van der Waals surface area contributed by atoms with Crippen LogP contribution in [0, 0.1) is 13.8 Å². The number of hydrogen-bond donors (Lipinski definition) is 2. The van der Waals surface area contributed by atoms with Crippen LogP contribution in [0.15, 0.2) is 18.2 Å². The molecule has 0 aliphatic heterocycles. The minimum absolute atomic E-state index is 0.00256. The Morgan fingerprint density at radius 1 is 1.33 bits per heavy atom. The fourth-order valence-electron chi connectivity index (χ4n) is 2.00. The number of hydrogen-bond acceptors (Lipinski definition) is 4. The summed E-state index contributed by atoms with van der Waals surface area (Å²) in [5.74, 6) is -0.00256. The van der Waals surface area contributed by atoms with Gasteiger partial charge in [0.2, 0.25) is 5.91 Å². The van der Waals surface area contributed by atoms with Crippen molar-refractivity contribution in [3.05, 3.63) is 29.3 Å². The van der Waals surface area contributed by atoms with Crippen molar-refractivity contribution in [2.75, 3.05) is 11.1 Å². The number of amides is 1. The zero-order valence-corrected chi connectivity index (χ0v) is 13.5. The maximum atomic E-state index is 11.7. The van der Waals surface area contributed by atoms with E-state index in [4.69, 9.17) is 5.73 Å². The molecule has 0 fully saturated rings. The van der Waals surface area contributed by atoms with Gasteiger partial charge in [0, 0.05) is 12.0 Å². The van der Waals surface area contributed by atoms with E-state index in [9.17, 15) is 4.79 Å². The molecule has 0 bridgehead atoms. The first-order valence-corrected chi connectivity index (χ1v) is 7.96. The molecule has 0 atom stereocenters. The SMILES string of the molecule is CCCCC(=O)Nc1nc(-c2ccc(C)c(C)c2)c(N)s1. The highest BCUT2D eigenvalue weighted by Crippen LogP contribution is 2.34. The number of unbranched alkanes of at least 4 members (excludes halogenated alkanes) is 1. The van der Waals surface area contributed by atoms with Crippen molar-refractivity contribution in [3.8, 4) is 11.3 Å².